The Labute approximate surface area is 115 Å². The van der Waals surface area contributed by atoms with E-state index in [4.69, 9.17) is 5.73 Å². The highest BCUT2D eigenvalue weighted by atomic mass is 16.3. The quantitative estimate of drug-likeness (QED) is 0.787. The molecule has 3 N–H and O–H groups in total. The molecule has 4 nitrogen and oxygen atoms in total. The largest absolute Gasteiger partial charge is 0.398 e. The lowest BCUT2D eigenvalue weighted by Crippen LogP contribution is -2.47. The average molecular weight is 263 g/mol. The van der Waals surface area contributed by atoms with Gasteiger partial charge in [0, 0.05) is 44.0 Å². The fraction of sp³-hybridized carbons (Fsp3) is 0.600. The van der Waals surface area contributed by atoms with Crippen LogP contribution in [-0.2, 0) is 0 Å². The van der Waals surface area contributed by atoms with Crippen LogP contribution in [0, 0.1) is 0 Å². The van der Waals surface area contributed by atoms with Crippen LogP contribution in [-0.4, -0.2) is 54.2 Å². The van der Waals surface area contributed by atoms with Gasteiger partial charge in [0.05, 0.1) is 6.10 Å². The van der Waals surface area contributed by atoms with Crippen molar-refractivity contribution in [2.45, 2.75) is 19.4 Å². The van der Waals surface area contributed by atoms with Gasteiger partial charge >= 0.3 is 0 Å². The molecule has 1 fully saturated rings. The van der Waals surface area contributed by atoms with Crippen LogP contribution in [0.2, 0.25) is 0 Å². The number of rotatable bonds is 5. The minimum atomic E-state index is -0.487. The van der Waals surface area contributed by atoms with Gasteiger partial charge in [-0.2, -0.15) is 0 Å². The molecule has 0 bridgehead atoms. The second-order valence-electron chi connectivity index (χ2n) is 5.29. The molecule has 0 radical (unpaired) electrons. The average Bonchev–Trinajstić information content (AvgIpc) is 2.42. The van der Waals surface area contributed by atoms with Gasteiger partial charge in [-0.1, -0.05) is 25.1 Å². The highest BCUT2D eigenvalue weighted by Gasteiger charge is 2.20. The lowest BCUT2D eigenvalue weighted by atomic mass is 10.1. The summed E-state index contributed by atoms with van der Waals surface area (Å²) in [7, 11) is 0. The highest BCUT2D eigenvalue weighted by molar-refractivity contribution is 5.47. The van der Waals surface area contributed by atoms with Gasteiger partial charge in [-0.3, -0.25) is 4.90 Å². The Kier molecular flexibility index (Phi) is 5.19. The molecule has 0 saturated carbocycles. The minimum Gasteiger partial charge on any atom is -0.398 e. The molecule has 106 valence electrons. The lowest BCUT2D eigenvalue weighted by Gasteiger charge is -2.35. The van der Waals surface area contributed by atoms with Crippen molar-refractivity contribution >= 4 is 5.69 Å². The molecule has 1 aromatic rings. The Morgan fingerprint density at radius 2 is 1.79 bits per heavy atom. The summed E-state index contributed by atoms with van der Waals surface area (Å²) < 4.78 is 0. The van der Waals surface area contributed by atoms with Crippen LogP contribution in [0.4, 0.5) is 5.69 Å². The summed E-state index contributed by atoms with van der Waals surface area (Å²) in [4.78, 5) is 4.81. The molecule has 1 saturated heterocycles. The predicted molar refractivity (Wildman–Crippen MR) is 79.0 cm³/mol. The number of anilines is 1. The maximum absolute atomic E-state index is 10.3. The fourth-order valence-corrected chi connectivity index (χ4v) is 2.67. The van der Waals surface area contributed by atoms with Crippen LogP contribution in [0.25, 0.3) is 0 Å². The molecule has 1 atom stereocenters. The minimum absolute atomic E-state index is 0.487. The number of hydrogen-bond acceptors (Lipinski definition) is 4. The Bertz CT molecular complexity index is 389. The van der Waals surface area contributed by atoms with Crippen molar-refractivity contribution in [3.8, 4) is 0 Å². The molecule has 0 spiro atoms. The van der Waals surface area contributed by atoms with Crippen molar-refractivity contribution in [3.05, 3.63) is 29.8 Å². The van der Waals surface area contributed by atoms with E-state index in [1.807, 2.05) is 24.3 Å². The molecular weight excluding hydrogens is 238 g/mol. The van der Waals surface area contributed by atoms with E-state index >= 15 is 0 Å². The number of benzene rings is 1. The second kappa shape index (κ2) is 6.89. The van der Waals surface area contributed by atoms with E-state index in [0.717, 1.165) is 31.7 Å². The first-order chi connectivity index (χ1) is 9.20. The van der Waals surface area contributed by atoms with Crippen molar-refractivity contribution in [1.29, 1.82) is 0 Å². The number of nitrogens with zero attached hydrogens (tertiary/aromatic N) is 2. The van der Waals surface area contributed by atoms with Gasteiger partial charge < -0.3 is 15.7 Å². The van der Waals surface area contributed by atoms with Gasteiger partial charge in [-0.05, 0) is 19.0 Å². The molecule has 0 aliphatic carbocycles. The van der Waals surface area contributed by atoms with Crippen LogP contribution in [0.1, 0.15) is 25.0 Å². The topological polar surface area (TPSA) is 52.7 Å². The third-order valence-electron chi connectivity index (χ3n) is 3.79. The molecule has 19 heavy (non-hydrogen) atoms. The highest BCUT2D eigenvalue weighted by Crippen LogP contribution is 2.21. The van der Waals surface area contributed by atoms with Crippen LogP contribution in [0.3, 0.4) is 0 Å². The number of nitrogens with two attached hydrogens (primary N) is 1. The number of aliphatic hydroxyl groups is 1. The molecule has 1 aliphatic rings. The molecule has 1 aliphatic heterocycles. The first kappa shape index (κ1) is 14.3. The molecule has 1 aromatic carbocycles. The predicted octanol–water partition coefficient (Wildman–Crippen LogP) is 1.33. The van der Waals surface area contributed by atoms with E-state index in [1.165, 1.54) is 13.0 Å². The van der Waals surface area contributed by atoms with E-state index in [2.05, 4.69) is 16.7 Å². The lowest BCUT2D eigenvalue weighted by molar-refractivity contribution is 0.0729. The van der Waals surface area contributed by atoms with Crippen molar-refractivity contribution in [2.24, 2.45) is 0 Å². The van der Waals surface area contributed by atoms with E-state index < -0.39 is 6.10 Å². The molecule has 4 heteroatoms. The Morgan fingerprint density at radius 1 is 1.16 bits per heavy atom. The fourth-order valence-electron chi connectivity index (χ4n) is 2.67. The third-order valence-corrected chi connectivity index (χ3v) is 3.79. The first-order valence-electron chi connectivity index (χ1n) is 7.18. The number of nitrogen functional groups attached to an aromatic ring is 1. The number of hydrogen-bond donors (Lipinski definition) is 2. The SMILES string of the molecule is CCCN1CCN(CC(O)c2ccccc2N)CC1. The smallest absolute Gasteiger partial charge is 0.0936 e. The number of para-hydroxylation sites is 1. The summed E-state index contributed by atoms with van der Waals surface area (Å²) in [6.07, 6.45) is 0.724. The maximum Gasteiger partial charge on any atom is 0.0936 e. The normalized spacial score (nSPS) is 19.5. The zero-order valence-corrected chi connectivity index (χ0v) is 11.8. The van der Waals surface area contributed by atoms with Crippen molar-refractivity contribution in [3.63, 3.8) is 0 Å². The van der Waals surface area contributed by atoms with Gasteiger partial charge in [0.2, 0.25) is 0 Å². The Balaban J connectivity index is 1.84. The summed E-state index contributed by atoms with van der Waals surface area (Å²) in [5, 5.41) is 10.3. The van der Waals surface area contributed by atoms with E-state index in [9.17, 15) is 5.11 Å². The summed E-state index contributed by atoms with van der Waals surface area (Å²) in [6, 6.07) is 7.58. The summed E-state index contributed by atoms with van der Waals surface area (Å²) in [5.41, 5.74) is 7.43. The van der Waals surface area contributed by atoms with Gasteiger partial charge in [-0.25, -0.2) is 0 Å². The van der Waals surface area contributed by atoms with Crippen molar-refractivity contribution < 1.29 is 5.11 Å². The summed E-state index contributed by atoms with van der Waals surface area (Å²) in [5.74, 6) is 0. The van der Waals surface area contributed by atoms with E-state index in [-0.39, 0.29) is 0 Å². The van der Waals surface area contributed by atoms with E-state index in [0.29, 0.717) is 12.2 Å². The third kappa shape index (κ3) is 3.93. The Hall–Kier alpha value is -1.10. The zero-order chi connectivity index (χ0) is 13.7. The van der Waals surface area contributed by atoms with Crippen molar-refractivity contribution in [1.82, 2.24) is 9.80 Å². The van der Waals surface area contributed by atoms with Crippen LogP contribution >= 0.6 is 0 Å². The van der Waals surface area contributed by atoms with Gasteiger partial charge in [0.25, 0.3) is 0 Å². The zero-order valence-electron chi connectivity index (χ0n) is 11.8. The first-order valence-corrected chi connectivity index (χ1v) is 7.18. The van der Waals surface area contributed by atoms with Gasteiger partial charge in [-0.15, -0.1) is 0 Å². The van der Waals surface area contributed by atoms with E-state index in [1.54, 1.807) is 0 Å². The summed E-state index contributed by atoms with van der Waals surface area (Å²) >= 11 is 0. The van der Waals surface area contributed by atoms with Gasteiger partial charge in [0.15, 0.2) is 0 Å². The molecule has 2 rings (SSSR count). The molecule has 0 amide bonds. The van der Waals surface area contributed by atoms with Crippen LogP contribution in [0.5, 0.6) is 0 Å². The maximum atomic E-state index is 10.3. The summed E-state index contributed by atoms with van der Waals surface area (Å²) in [6.45, 7) is 8.34. The number of piperazine rings is 1. The van der Waals surface area contributed by atoms with Gasteiger partial charge in [0.1, 0.15) is 0 Å². The monoisotopic (exact) mass is 263 g/mol. The standard InChI is InChI=1S/C15H25N3O/c1-2-7-17-8-10-18(11-9-17)12-15(19)13-5-3-4-6-14(13)16/h3-6,15,19H,2,7-12,16H2,1H3. The Morgan fingerprint density at radius 3 is 2.42 bits per heavy atom. The molecule has 1 unspecified atom stereocenters. The second-order valence-corrected chi connectivity index (χ2v) is 5.29. The molecular formula is C15H25N3O. The van der Waals surface area contributed by atoms with Crippen LogP contribution < -0.4 is 5.73 Å². The number of β-amino-alcohol motifs (C(OH)–C–C–N with tert-alkyl or cyclic N) is 1. The van der Waals surface area contributed by atoms with Crippen LogP contribution in [0.15, 0.2) is 24.3 Å². The number of aliphatic hydroxyl groups excluding tert-OH is 1. The molecule has 1 heterocycles. The van der Waals surface area contributed by atoms with Crippen molar-refractivity contribution in [2.75, 3.05) is 45.0 Å². The molecule has 0 aromatic heterocycles.